The molecular weight excluding hydrogens is 268 g/mol. The van der Waals surface area contributed by atoms with Gasteiger partial charge in [0, 0.05) is 11.7 Å². The smallest absolute Gasteiger partial charge is 0.319 e. The number of hydrogen-bond acceptors (Lipinski definition) is 2. The monoisotopic (exact) mass is 290 g/mol. The second kappa shape index (κ2) is 6.61. The van der Waals surface area contributed by atoms with E-state index in [-0.39, 0.29) is 18.0 Å². The minimum Gasteiger partial charge on any atom is -0.481 e. The molecular formula is C16H22N2O3. The number of rotatable bonds is 4. The largest absolute Gasteiger partial charge is 0.481 e. The van der Waals surface area contributed by atoms with Gasteiger partial charge in [0.15, 0.2) is 0 Å². The highest BCUT2D eigenvalue weighted by molar-refractivity contribution is 5.89. The summed E-state index contributed by atoms with van der Waals surface area (Å²) in [7, 11) is 0. The third-order valence-corrected chi connectivity index (χ3v) is 3.95. The van der Waals surface area contributed by atoms with Gasteiger partial charge in [-0.2, -0.15) is 0 Å². The maximum Gasteiger partial charge on any atom is 0.319 e. The van der Waals surface area contributed by atoms with Crippen molar-refractivity contribution < 1.29 is 14.7 Å². The highest BCUT2D eigenvalue weighted by Gasteiger charge is 2.30. The van der Waals surface area contributed by atoms with Crippen LogP contribution in [-0.2, 0) is 4.79 Å². The summed E-state index contributed by atoms with van der Waals surface area (Å²) in [6.45, 7) is 4.24. The van der Waals surface area contributed by atoms with Crippen molar-refractivity contribution in [1.29, 1.82) is 0 Å². The molecule has 21 heavy (non-hydrogen) atoms. The first-order valence-electron chi connectivity index (χ1n) is 7.36. The maximum absolute atomic E-state index is 11.9. The Bertz CT molecular complexity index is 511. The van der Waals surface area contributed by atoms with Crippen molar-refractivity contribution in [2.45, 2.75) is 45.1 Å². The van der Waals surface area contributed by atoms with Gasteiger partial charge < -0.3 is 15.7 Å². The number of benzene rings is 1. The normalized spacial score (nSPS) is 21.3. The van der Waals surface area contributed by atoms with Gasteiger partial charge in [-0.15, -0.1) is 0 Å². The van der Waals surface area contributed by atoms with E-state index in [1.54, 1.807) is 0 Å². The van der Waals surface area contributed by atoms with Crippen molar-refractivity contribution >= 4 is 17.7 Å². The number of hydrogen-bond donors (Lipinski definition) is 3. The highest BCUT2D eigenvalue weighted by Crippen LogP contribution is 2.25. The SMILES string of the molecule is CC(C)c1ccc(NC(=O)NC2CCC(C(=O)O)C2)cc1. The Morgan fingerprint density at radius 1 is 1.19 bits per heavy atom. The van der Waals surface area contributed by atoms with Gasteiger partial charge in [-0.05, 0) is 42.9 Å². The molecule has 5 nitrogen and oxygen atoms in total. The molecule has 0 saturated heterocycles. The predicted molar refractivity (Wildman–Crippen MR) is 81.5 cm³/mol. The van der Waals surface area contributed by atoms with E-state index in [4.69, 9.17) is 5.11 Å². The van der Waals surface area contributed by atoms with Crippen LogP contribution in [0.15, 0.2) is 24.3 Å². The molecule has 0 aliphatic heterocycles. The van der Waals surface area contributed by atoms with E-state index in [0.29, 0.717) is 18.8 Å². The molecule has 0 radical (unpaired) electrons. The number of carboxylic acid groups (broad SMARTS) is 1. The molecule has 1 saturated carbocycles. The summed E-state index contributed by atoms with van der Waals surface area (Å²) in [6.07, 6.45) is 1.86. The van der Waals surface area contributed by atoms with Crippen molar-refractivity contribution in [3.05, 3.63) is 29.8 Å². The molecule has 2 rings (SSSR count). The van der Waals surface area contributed by atoms with Gasteiger partial charge in [0.1, 0.15) is 0 Å². The number of carbonyl (C=O) groups excluding carboxylic acids is 1. The fourth-order valence-corrected chi connectivity index (χ4v) is 2.64. The summed E-state index contributed by atoms with van der Waals surface area (Å²) in [5, 5.41) is 14.6. The second-order valence-electron chi connectivity index (χ2n) is 5.92. The van der Waals surface area contributed by atoms with E-state index in [9.17, 15) is 9.59 Å². The second-order valence-corrected chi connectivity index (χ2v) is 5.92. The van der Waals surface area contributed by atoms with Crippen molar-refractivity contribution in [3.63, 3.8) is 0 Å². The molecule has 5 heteroatoms. The lowest BCUT2D eigenvalue weighted by Crippen LogP contribution is -2.36. The Morgan fingerprint density at radius 2 is 1.86 bits per heavy atom. The topological polar surface area (TPSA) is 78.4 Å². The van der Waals surface area contributed by atoms with Crippen LogP contribution in [-0.4, -0.2) is 23.1 Å². The lowest BCUT2D eigenvalue weighted by molar-refractivity contribution is -0.141. The van der Waals surface area contributed by atoms with Gasteiger partial charge in [0.05, 0.1) is 5.92 Å². The van der Waals surface area contributed by atoms with Crippen LogP contribution in [0.3, 0.4) is 0 Å². The van der Waals surface area contributed by atoms with E-state index in [2.05, 4.69) is 24.5 Å². The summed E-state index contributed by atoms with van der Waals surface area (Å²) in [5.41, 5.74) is 1.96. The third-order valence-electron chi connectivity index (χ3n) is 3.95. The van der Waals surface area contributed by atoms with Gasteiger partial charge in [0.2, 0.25) is 0 Å². The van der Waals surface area contributed by atoms with Crippen molar-refractivity contribution in [2.75, 3.05) is 5.32 Å². The fourth-order valence-electron chi connectivity index (χ4n) is 2.64. The first-order valence-corrected chi connectivity index (χ1v) is 7.36. The van der Waals surface area contributed by atoms with Crippen LogP contribution < -0.4 is 10.6 Å². The molecule has 1 aliphatic carbocycles. The summed E-state index contributed by atoms with van der Waals surface area (Å²) in [6, 6.07) is 7.42. The quantitative estimate of drug-likeness (QED) is 0.797. The van der Waals surface area contributed by atoms with Gasteiger partial charge >= 0.3 is 12.0 Å². The fraction of sp³-hybridized carbons (Fsp3) is 0.500. The average molecular weight is 290 g/mol. The van der Waals surface area contributed by atoms with Crippen LogP contribution in [0.5, 0.6) is 0 Å². The lowest BCUT2D eigenvalue weighted by atomic mass is 10.0. The van der Waals surface area contributed by atoms with Crippen LogP contribution in [0, 0.1) is 5.92 Å². The molecule has 1 aromatic rings. The van der Waals surface area contributed by atoms with Gasteiger partial charge in [-0.3, -0.25) is 4.79 Å². The van der Waals surface area contributed by atoms with Crippen LogP contribution >= 0.6 is 0 Å². The molecule has 1 aliphatic rings. The first-order chi connectivity index (χ1) is 9.95. The van der Waals surface area contributed by atoms with Gasteiger partial charge in [-0.25, -0.2) is 4.79 Å². The minimum atomic E-state index is -0.774. The predicted octanol–water partition coefficient (Wildman–Crippen LogP) is 3.18. The van der Waals surface area contributed by atoms with E-state index in [0.717, 1.165) is 12.1 Å². The molecule has 0 aromatic heterocycles. The number of carboxylic acids is 1. The van der Waals surface area contributed by atoms with Crippen LogP contribution in [0.1, 0.15) is 44.6 Å². The Morgan fingerprint density at radius 3 is 2.38 bits per heavy atom. The molecule has 1 aromatic carbocycles. The standard InChI is InChI=1S/C16H22N2O3/c1-10(2)11-3-6-13(7-4-11)17-16(21)18-14-8-5-12(9-14)15(19)20/h3-4,6-7,10,12,14H,5,8-9H2,1-2H3,(H,19,20)(H2,17,18,21). The first kappa shape index (κ1) is 15.4. The molecule has 3 N–H and O–H groups in total. The zero-order valence-corrected chi connectivity index (χ0v) is 12.4. The number of nitrogens with one attached hydrogen (secondary N) is 2. The molecule has 2 atom stereocenters. The summed E-state index contributed by atoms with van der Waals surface area (Å²) >= 11 is 0. The summed E-state index contributed by atoms with van der Waals surface area (Å²) < 4.78 is 0. The molecule has 114 valence electrons. The maximum atomic E-state index is 11.9. The van der Waals surface area contributed by atoms with E-state index >= 15 is 0 Å². The molecule has 0 bridgehead atoms. The van der Waals surface area contributed by atoms with E-state index < -0.39 is 5.97 Å². The molecule has 2 amide bonds. The number of anilines is 1. The van der Waals surface area contributed by atoms with Crippen molar-refractivity contribution in [1.82, 2.24) is 5.32 Å². The Labute approximate surface area is 124 Å². The summed E-state index contributed by atoms with van der Waals surface area (Å²) in [4.78, 5) is 22.8. The number of urea groups is 1. The molecule has 1 fully saturated rings. The average Bonchev–Trinajstić information content (AvgIpc) is 2.87. The van der Waals surface area contributed by atoms with Crippen LogP contribution in [0.2, 0.25) is 0 Å². The molecule has 0 spiro atoms. The van der Waals surface area contributed by atoms with Gasteiger partial charge in [-0.1, -0.05) is 26.0 Å². The van der Waals surface area contributed by atoms with E-state index in [1.165, 1.54) is 5.56 Å². The Balaban J connectivity index is 1.83. The number of amides is 2. The van der Waals surface area contributed by atoms with Crippen molar-refractivity contribution in [3.8, 4) is 0 Å². The Hall–Kier alpha value is -2.04. The van der Waals surface area contributed by atoms with Crippen LogP contribution in [0.25, 0.3) is 0 Å². The van der Waals surface area contributed by atoms with E-state index in [1.807, 2.05) is 24.3 Å². The lowest BCUT2D eigenvalue weighted by Gasteiger charge is -2.14. The van der Waals surface area contributed by atoms with Crippen molar-refractivity contribution in [2.24, 2.45) is 5.92 Å². The highest BCUT2D eigenvalue weighted by atomic mass is 16.4. The number of aliphatic carboxylic acids is 1. The minimum absolute atomic E-state index is 0.0546. The van der Waals surface area contributed by atoms with Crippen LogP contribution in [0.4, 0.5) is 10.5 Å². The number of carbonyl (C=O) groups is 2. The Kier molecular flexibility index (Phi) is 4.83. The third kappa shape index (κ3) is 4.21. The zero-order valence-electron chi connectivity index (χ0n) is 12.4. The van der Waals surface area contributed by atoms with Gasteiger partial charge in [0.25, 0.3) is 0 Å². The zero-order chi connectivity index (χ0) is 15.4. The summed E-state index contributed by atoms with van der Waals surface area (Å²) in [5.74, 6) is -0.649. The molecule has 0 heterocycles. The molecule has 2 unspecified atom stereocenters.